The Labute approximate surface area is 149 Å². The van der Waals surface area contributed by atoms with E-state index in [1.807, 2.05) is 0 Å². The van der Waals surface area contributed by atoms with Crippen molar-refractivity contribution >= 4 is 17.8 Å². The predicted molar refractivity (Wildman–Crippen MR) is 93.9 cm³/mol. The minimum Gasteiger partial charge on any atom is -0.493 e. The number of amides is 1. The Balaban J connectivity index is 1.92. The number of para-hydroxylation sites is 2. The summed E-state index contributed by atoms with van der Waals surface area (Å²) >= 11 is 0. The van der Waals surface area contributed by atoms with Crippen molar-refractivity contribution in [1.82, 2.24) is 5.43 Å². The van der Waals surface area contributed by atoms with Crippen LogP contribution in [-0.4, -0.2) is 37.9 Å². The summed E-state index contributed by atoms with van der Waals surface area (Å²) in [5, 5.41) is 14.7. The fourth-order valence-electron chi connectivity index (χ4n) is 2.02. The number of hydrogen-bond acceptors (Lipinski definition) is 7. The van der Waals surface area contributed by atoms with Crippen molar-refractivity contribution in [1.29, 1.82) is 0 Å². The Morgan fingerprint density at radius 2 is 1.85 bits per heavy atom. The summed E-state index contributed by atoms with van der Waals surface area (Å²) in [6.07, 6.45) is 1.29. The molecule has 0 atom stereocenters. The lowest BCUT2D eigenvalue weighted by molar-refractivity contribution is -0.385. The molecule has 1 N–H and O–H groups in total. The Hall–Kier alpha value is -3.62. The van der Waals surface area contributed by atoms with Gasteiger partial charge in [0.1, 0.15) is 0 Å². The largest absolute Gasteiger partial charge is 0.493 e. The maximum absolute atomic E-state index is 11.8. The summed E-state index contributed by atoms with van der Waals surface area (Å²) in [4.78, 5) is 22.2. The van der Waals surface area contributed by atoms with Crippen molar-refractivity contribution < 1.29 is 23.9 Å². The number of ether oxygens (including phenoxy) is 3. The van der Waals surface area contributed by atoms with Gasteiger partial charge in [0.15, 0.2) is 23.9 Å². The summed E-state index contributed by atoms with van der Waals surface area (Å²) in [6, 6.07) is 11.2. The lowest BCUT2D eigenvalue weighted by atomic mass is 10.2. The molecule has 0 heterocycles. The number of methoxy groups -OCH3 is 2. The van der Waals surface area contributed by atoms with Crippen molar-refractivity contribution in [3.63, 3.8) is 0 Å². The molecule has 2 aromatic rings. The van der Waals surface area contributed by atoms with Gasteiger partial charge in [-0.2, -0.15) is 5.10 Å². The second kappa shape index (κ2) is 9.02. The average Bonchev–Trinajstić information content (AvgIpc) is 2.66. The fraction of sp³-hybridized carbons (Fsp3) is 0.176. The molecule has 9 nitrogen and oxygen atoms in total. The van der Waals surface area contributed by atoms with Crippen LogP contribution in [0.2, 0.25) is 0 Å². The van der Waals surface area contributed by atoms with Gasteiger partial charge in [-0.25, -0.2) is 5.43 Å². The van der Waals surface area contributed by atoms with Crippen LogP contribution < -0.4 is 19.6 Å². The van der Waals surface area contributed by atoms with E-state index in [2.05, 4.69) is 10.5 Å². The summed E-state index contributed by atoms with van der Waals surface area (Å²) in [5.74, 6) is 0.589. The number of nitrogens with one attached hydrogen (secondary N) is 1. The lowest BCUT2D eigenvalue weighted by Gasteiger charge is -2.09. The van der Waals surface area contributed by atoms with Crippen molar-refractivity contribution in [2.75, 3.05) is 20.8 Å². The van der Waals surface area contributed by atoms with E-state index in [1.54, 1.807) is 30.3 Å². The summed E-state index contributed by atoms with van der Waals surface area (Å²) in [5.41, 5.74) is 2.52. The van der Waals surface area contributed by atoms with E-state index in [1.165, 1.54) is 32.6 Å². The van der Waals surface area contributed by atoms with Crippen molar-refractivity contribution in [2.24, 2.45) is 5.10 Å². The van der Waals surface area contributed by atoms with E-state index >= 15 is 0 Å². The molecule has 0 unspecified atom stereocenters. The smallest absolute Gasteiger partial charge is 0.311 e. The van der Waals surface area contributed by atoms with Gasteiger partial charge >= 0.3 is 5.69 Å². The molecular formula is C17H17N3O6. The zero-order valence-corrected chi connectivity index (χ0v) is 14.2. The van der Waals surface area contributed by atoms with Crippen LogP contribution in [0.5, 0.6) is 17.2 Å². The normalized spacial score (nSPS) is 10.4. The van der Waals surface area contributed by atoms with Crippen LogP contribution in [-0.2, 0) is 4.79 Å². The van der Waals surface area contributed by atoms with Crippen LogP contribution in [0.25, 0.3) is 0 Å². The third-order valence-electron chi connectivity index (χ3n) is 3.23. The first kappa shape index (κ1) is 18.7. The molecule has 26 heavy (non-hydrogen) atoms. The molecular weight excluding hydrogens is 342 g/mol. The lowest BCUT2D eigenvalue weighted by Crippen LogP contribution is -2.24. The SMILES string of the molecule is COc1ccccc1OCC(=O)N/N=C\c1ccc(OC)c([N+](=O)[O-])c1. The molecule has 136 valence electrons. The number of nitro groups is 1. The topological polar surface area (TPSA) is 112 Å². The molecule has 0 fully saturated rings. The van der Waals surface area contributed by atoms with Gasteiger partial charge in [0.25, 0.3) is 5.91 Å². The molecule has 0 saturated carbocycles. The molecule has 0 aliphatic carbocycles. The number of carbonyl (C=O) groups excluding carboxylic acids is 1. The van der Waals surface area contributed by atoms with E-state index in [0.717, 1.165) is 0 Å². The van der Waals surface area contributed by atoms with E-state index in [-0.39, 0.29) is 18.0 Å². The Bertz CT molecular complexity index is 822. The molecule has 1 amide bonds. The molecule has 2 aromatic carbocycles. The number of hydrogen-bond donors (Lipinski definition) is 1. The zero-order chi connectivity index (χ0) is 18.9. The highest BCUT2D eigenvalue weighted by Gasteiger charge is 2.14. The van der Waals surface area contributed by atoms with Crippen LogP contribution in [0.1, 0.15) is 5.56 Å². The highest BCUT2D eigenvalue weighted by molar-refractivity contribution is 5.84. The highest BCUT2D eigenvalue weighted by Crippen LogP contribution is 2.27. The van der Waals surface area contributed by atoms with Crippen molar-refractivity contribution in [3.05, 3.63) is 58.1 Å². The maximum atomic E-state index is 11.8. The standard InChI is InChI=1S/C17H17N3O6/c1-24-14-8-7-12(9-13(14)20(22)23)10-18-19-17(21)11-26-16-6-4-3-5-15(16)25-2/h3-10H,11H2,1-2H3,(H,19,21)/b18-10-. The first-order valence-electron chi connectivity index (χ1n) is 7.45. The second-order valence-electron chi connectivity index (χ2n) is 4.92. The van der Waals surface area contributed by atoms with Crippen LogP contribution in [0, 0.1) is 10.1 Å². The second-order valence-corrected chi connectivity index (χ2v) is 4.92. The monoisotopic (exact) mass is 359 g/mol. The van der Waals surface area contributed by atoms with Crippen molar-refractivity contribution in [3.8, 4) is 17.2 Å². The van der Waals surface area contributed by atoms with E-state index in [4.69, 9.17) is 14.2 Å². The number of benzene rings is 2. The molecule has 0 spiro atoms. The van der Waals surface area contributed by atoms with E-state index in [0.29, 0.717) is 17.1 Å². The maximum Gasteiger partial charge on any atom is 0.311 e. The number of rotatable bonds is 8. The van der Waals surface area contributed by atoms with Gasteiger partial charge < -0.3 is 14.2 Å². The predicted octanol–water partition coefficient (Wildman–Crippen LogP) is 2.14. The Kier molecular flexibility index (Phi) is 6.49. The third-order valence-corrected chi connectivity index (χ3v) is 3.23. The van der Waals surface area contributed by atoms with Gasteiger partial charge in [-0.1, -0.05) is 12.1 Å². The minimum atomic E-state index is -0.560. The van der Waals surface area contributed by atoms with Crippen LogP contribution in [0.4, 0.5) is 5.69 Å². The molecule has 0 radical (unpaired) electrons. The molecule has 2 rings (SSSR count). The fourth-order valence-corrected chi connectivity index (χ4v) is 2.02. The van der Waals surface area contributed by atoms with Gasteiger partial charge in [-0.3, -0.25) is 14.9 Å². The average molecular weight is 359 g/mol. The summed E-state index contributed by atoms with van der Waals surface area (Å²) in [6.45, 7) is -0.263. The van der Waals surface area contributed by atoms with Crippen molar-refractivity contribution in [2.45, 2.75) is 0 Å². The van der Waals surface area contributed by atoms with Gasteiger partial charge in [-0.05, 0) is 24.3 Å². The zero-order valence-electron chi connectivity index (χ0n) is 14.2. The van der Waals surface area contributed by atoms with Gasteiger partial charge in [0.05, 0.1) is 25.4 Å². The quantitative estimate of drug-likeness (QED) is 0.439. The molecule has 0 aliphatic rings. The number of carbonyl (C=O) groups is 1. The Morgan fingerprint density at radius 1 is 1.15 bits per heavy atom. The molecule has 0 aliphatic heterocycles. The molecule has 0 aromatic heterocycles. The molecule has 0 bridgehead atoms. The minimum absolute atomic E-state index is 0.140. The van der Waals surface area contributed by atoms with Crippen LogP contribution in [0.15, 0.2) is 47.6 Å². The first-order chi connectivity index (χ1) is 12.5. The number of hydrazone groups is 1. The molecule has 9 heteroatoms. The van der Waals surface area contributed by atoms with Gasteiger partial charge in [-0.15, -0.1) is 0 Å². The molecule has 0 saturated heterocycles. The number of nitro benzene ring substituents is 1. The van der Waals surface area contributed by atoms with Gasteiger partial charge in [0.2, 0.25) is 0 Å². The number of nitrogens with zero attached hydrogens (tertiary/aromatic N) is 2. The summed E-state index contributed by atoms with van der Waals surface area (Å²) < 4.78 is 15.4. The first-order valence-corrected chi connectivity index (χ1v) is 7.45. The summed E-state index contributed by atoms with van der Waals surface area (Å²) in [7, 11) is 2.85. The van der Waals surface area contributed by atoms with E-state index < -0.39 is 10.8 Å². The Morgan fingerprint density at radius 3 is 2.50 bits per heavy atom. The van der Waals surface area contributed by atoms with E-state index in [9.17, 15) is 14.9 Å². The van der Waals surface area contributed by atoms with Crippen LogP contribution >= 0.6 is 0 Å². The third kappa shape index (κ3) is 4.94. The van der Waals surface area contributed by atoms with Gasteiger partial charge in [0, 0.05) is 11.6 Å². The van der Waals surface area contributed by atoms with Crippen LogP contribution in [0.3, 0.4) is 0 Å². The highest BCUT2D eigenvalue weighted by atomic mass is 16.6.